The summed E-state index contributed by atoms with van der Waals surface area (Å²) in [5, 5.41) is 10.7. The van der Waals surface area contributed by atoms with E-state index in [1.807, 2.05) is 19.9 Å². The summed E-state index contributed by atoms with van der Waals surface area (Å²) in [5.74, 6) is 0.952. The lowest BCUT2D eigenvalue weighted by atomic mass is 9.97. The maximum atomic E-state index is 10.7. The maximum Gasteiger partial charge on any atom is 0.270 e. The smallest absolute Gasteiger partial charge is 0.258 e. The lowest BCUT2D eigenvalue weighted by Crippen LogP contribution is -1.96. The van der Waals surface area contributed by atoms with Crippen molar-refractivity contribution in [2.45, 2.75) is 20.3 Å². The molecule has 0 aromatic heterocycles. The number of non-ortho nitro benzene ring substituents is 1. The Kier molecular flexibility index (Phi) is 3.61. The van der Waals surface area contributed by atoms with Crippen LogP contribution in [-0.4, -0.2) is 4.92 Å². The Balaban J connectivity index is 3.22. The van der Waals surface area contributed by atoms with Crippen LogP contribution in [0.3, 0.4) is 0 Å². The van der Waals surface area contributed by atoms with Crippen LogP contribution >= 0.6 is 0 Å². The summed E-state index contributed by atoms with van der Waals surface area (Å²) < 4.78 is 0. The number of nitro groups is 1. The average molecular weight is 204 g/mol. The average Bonchev–Trinajstić information content (AvgIpc) is 2.27. The van der Waals surface area contributed by atoms with Gasteiger partial charge in [-0.15, -0.1) is 6.58 Å². The largest absolute Gasteiger partial charge is 0.270 e. The Morgan fingerprint density at radius 2 is 2.20 bits per heavy atom. The van der Waals surface area contributed by atoms with Crippen molar-refractivity contribution in [1.82, 2.24) is 0 Å². The van der Waals surface area contributed by atoms with Crippen LogP contribution in [0, 0.1) is 16.0 Å². The van der Waals surface area contributed by atoms with E-state index in [1.54, 1.807) is 18.2 Å². The summed E-state index contributed by atoms with van der Waals surface area (Å²) in [4.78, 5) is 10.3. The van der Waals surface area contributed by atoms with Crippen molar-refractivity contribution < 1.29 is 4.92 Å². The van der Waals surface area contributed by atoms with E-state index < -0.39 is 0 Å². The van der Waals surface area contributed by atoms with Gasteiger partial charge in [0.2, 0.25) is 0 Å². The molecule has 0 aliphatic heterocycles. The van der Waals surface area contributed by atoms with Crippen molar-refractivity contribution >= 4 is 5.69 Å². The summed E-state index contributed by atoms with van der Waals surface area (Å²) in [7, 11) is 0. The third kappa shape index (κ3) is 2.65. The van der Waals surface area contributed by atoms with Gasteiger partial charge in [-0.1, -0.05) is 26.0 Å². The molecule has 0 heterocycles. The van der Waals surface area contributed by atoms with E-state index in [-0.39, 0.29) is 10.6 Å². The third-order valence-corrected chi connectivity index (χ3v) is 2.36. The Labute approximate surface area is 89.6 Å². The van der Waals surface area contributed by atoms with Gasteiger partial charge in [-0.25, -0.2) is 0 Å². The van der Waals surface area contributed by atoms with Gasteiger partial charge in [-0.2, -0.15) is 0 Å². The molecule has 0 aliphatic carbocycles. The molecule has 0 amide bonds. The number of hydrogen-bond acceptors (Lipinski definition) is 2. The fraction of sp³-hybridized carbons (Fsp3) is 0.250. The van der Waals surface area contributed by atoms with E-state index in [9.17, 15) is 10.1 Å². The highest BCUT2D eigenvalue weighted by atomic mass is 16.6. The lowest BCUT2D eigenvalue weighted by Gasteiger charge is -2.07. The molecule has 0 atom stereocenters. The number of hydrogen-bond donors (Lipinski definition) is 0. The van der Waals surface area contributed by atoms with E-state index in [0.717, 1.165) is 23.5 Å². The van der Waals surface area contributed by atoms with Gasteiger partial charge in [0.25, 0.3) is 5.69 Å². The first-order valence-electron chi connectivity index (χ1n) is 4.83. The summed E-state index contributed by atoms with van der Waals surface area (Å²) in [5.41, 5.74) is 1.99. The summed E-state index contributed by atoms with van der Waals surface area (Å²) in [6, 6.07) is 5.15. The van der Waals surface area contributed by atoms with E-state index in [0.29, 0.717) is 0 Å². The van der Waals surface area contributed by atoms with Gasteiger partial charge in [-0.05, 0) is 17.5 Å². The van der Waals surface area contributed by atoms with Crippen LogP contribution in [0.4, 0.5) is 5.69 Å². The molecule has 0 fully saturated rings. The minimum Gasteiger partial charge on any atom is -0.258 e. The van der Waals surface area contributed by atoms with Crippen LogP contribution in [-0.2, 0) is 6.42 Å². The van der Waals surface area contributed by atoms with Crippen LogP contribution in [0.25, 0.3) is 0 Å². The van der Waals surface area contributed by atoms with Crippen LogP contribution in [0.2, 0.25) is 0 Å². The van der Waals surface area contributed by atoms with Gasteiger partial charge < -0.3 is 0 Å². The van der Waals surface area contributed by atoms with Gasteiger partial charge >= 0.3 is 0 Å². The molecule has 3 heteroatoms. The monoisotopic (exact) mass is 204 g/mol. The normalized spacial score (nSPS) is 10.3. The van der Waals surface area contributed by atoms with Crippen LogP contribution in [0.1, 0.15) is 25.0 Å². The number of allylic oxidation sites excluding steroid dienone is 1. The molecule has 0 bridgehead atoms. The number of benzene rings is 1. The topological polar surface area (TPSA) is 43.1 Å². The fourth-order valence-corrected chi connectivity index (χ4v) is 1.33. The SMILES string of the molecule is C=C[C](C)c1cc(CC)cc([N+](=O)[O-])c1. The fourth-order valence-electron chi connectivity index (χ4n) is 1.33. The molecule has 0 N–H and O–H groups in total. The van der Waals surface area contributed by atoms with Gasteiger partial charge in [0.15, 0.2) is 0 Å². The molecule has 1 aromatic carbocycles. The summed E-state index contributed by atoms with van der Waals surface area (Å²) in [6.45, 7) is 7.53. The second kappa shape index (κ2) is 4.73. The Morgan fingerprint density at radius 1 is 1.53 bits per heavy atom. The molecule has 79 valence electrons. The first kappa shape index (κ1) is 11.4. The zero-order valence-electron chi connectivity index (χ0n) is 8.99. The standard InChI is InChI=1S/C12H14NO2/c1-4-9(3)11-6-10(5-2)7-12(8-11)13(14)15/h4,6-8H,1,5H2,2-3H3. The number of nitrogens with zero attached hydrogens (tertiary/aromatic N) is 1. The molecule has 0 spiro atoms. The molecular weight excluding hydrogens is 190 g/mol. The van der Waals surface area contributed by atoms with Crippen molar-refractivity contribution in [2.24, 2.45) is 0 Å². The van der Waals surface area contributed by atoms with Crippen molar-refractivity contribution in [1.29, 1.82) is 0 Å². The Hall–Kier alpha value is -1.64. The van der Waals surface area contributed by atoms with Gasteiger partial charge in [0.1, 0.15) is 0 Å². The second-order valence-electron chi connectivity index (χ2n) is 3.39. The number of nitro benzene ring substituents is 1. The number of aryl methyl sites for hydroxylation is 1. The summed E-state index contributed by atoms with van der Waals surface area (Å²) >= 11 is 0. The van der Waals surface area contributed by atoms with E-state index in [4.69, 9.17) is 0 Å². The van der Waals surface area contributed by atoms with Crippen LogP contribution in [0.15, 0.2) is 30.9 Å². The zero-order valence-corrected chi connectivity index (χ0v) is 8.99. The van der Waals surface area contributed by atoms with Crippen LogP contribution < -0.4 is 0 Å². The third-order valence-electron chi connectivity index (χ3n) is 2.36. The predicted octanol–water partition coefficient (Wildman–Crippen LogP) is 3.29. The van der Waals surface area contributed by atoms with Crippen molar-refractivity contribution in [2.75, 3.05) is 0 Å². The highest BCUT2D eigenvalue weighted by Crippen LogP contribution is 2.23. The molecule has 0 saturated heterocycles. The van der Waals surface area contributed by atoms with E-state index in [2.05, 4.69) is 6.58 Å². The molecule has 1 radical (unpaired) electrons. The quantitative estimate of drug-likeness (QED) is 0.558. The molecule has 3 nitrogen and oxygen atoms in total. The van der Waals surface area contributed by atoms with Gasteiger partial charge in [-0.3, -0.25) is 10.1 Å². The molecule has 15 heavy (non-hydrogen) atoms. The van der Waals surface area contributed by atoms with Gasteiger partial charge in [0, 0.05) is 18.1 Å². The maximum absolute atomic E-state index is 10.7. The molecule has 1 aromatic rings. The van der Waals surface area contributed by atoms with Crippen molar-refractivity contribution in [3.63, 3.8) is 0 Å². The Morgan fingerprint density at radius 3 is 2.67 bits per heavy atom. The second-order valence-corrected chi connectivity index (χ2v) is 3.39. The minimum atomic E-state index is -0.362. The Bertz CT molecular complexity index is 385. The van der Waals surface area contributed by atoms with Crippen molar-refractivity contribution in [3.05, 3.63) is 58.0 Å². The van der Waals surface area contributed by atoms with Crippen molar-refractivity contribution in [3.8, 4) is 0 Å². The molecular formula is C12H14NO2. The molecule has 0 unspecified atom stereocenters. The predicted molar refractivity (Wildman–Crippen MR) is 60.7 cm³/mol. The minimum absolute atomic E-state index is 0.144. The van der Waals surface area contributed by atoms with E-state index in [1.165, 1.54) is 0 Å². The highest BCUT2D eigenvalue weighted by Gasteiger charge is 2.11. The zero-order chi connectivity index (χ0) is 11.4. The van der Waals surface area contributed by atoms with Gasteiger partial charge in [0.05, 0.1) is 4.92 Å². The molecule has 1 rings (SSSR count). The first-order valence-corrected chi connectivity index (χ1v) is 4.83. The summed E-state index contributed by atoms with van der Waals surface area (Å²) in [6.07, 6.45) is 2.50. The molecule has 0 saturated carbocycles. The molecule has 0 aliphatic rings. The first-order chi connectivity index (χ1) is 7.08. The highest BCUT2D eigenvalue weighted by molar-refractivity contribution is 5.46. The van der Waals surface area contributed by atoms with E-state index >= 15 is 0 Å². The number of rotatable bonds is 4. The van der Waals surface area contributed by atoms with Crippen LogP contribution in [0.5, 0.6) is 0 Å². The lowest BCUT2D eigenvalue weighted by molar-refractivity contribution is -0.385.